The SMILES string of the molecule is CCC(=O)Oc1cc(C(C)(C)C)cc2cc(-c3nc(-c4ccc(OC)cc4OC)no3)c(=O)oc12. The minimum absolute atomic E-state index is 0.0122. The van der Waals surface area contributed by atoms with Gasteiger partial charge in [0.05, 0.1) is 19.8 Å². The molecule has 0 N–H and O–H groups in total. The highest BCUT2D eigenvalue weighted by Gasteiger charge is 2.23. The van der Waals surface area contributed by atoms with Crippen LogP contribution in [0.15, 0.2) is 50.1 Å². The summed E-state index contributed by atoms with van der Waals surface area (Å²) in [6, 6.07) is 10.4. The number of ether oxygens (including phenoxy) is 3. The number of carbonyl (C=O) groups is 1. The van der Waals surface area contributed by atoms with E-state index in [1.54, 1.807) is 44.4 Å². The highest BCUT2D eigenvalue weighted by atomic mass is 16.5. The smallest absolute Gasteiger partial charge is 0.349 e. The molecule has 0 atom stereocenters. The summed E-state index contributed by atoms with van der Waals surface area (Å²) >= 11 is 0. The summed E-state index contributed by atoms with van der Waals surface area (Å²) in [5, 5.41) is 4.58. The van der Waals surface area contributed by atoms with Gasteiger partial charge in [-0.15, -0.1) is 0 Å². The summed E-state index contributed by atoms with van der Waals surface area (Å²) in [6.45, 7) is 7.79. The van der Waals surface area contributed by atoms with Gasteiger partial charge in [-0.1, -0.05) is 32.9 Å². The minimum Gasteiger partial charge on any atom is -0.497 e. The number of rotatable bonds is 6. The van der Waals surface area contributed by atoms with Crippen molar-refractivity contribution in [2.45, 2.75) is 39.5 Å². The van der Waals surface area contributed by atoms with Gasteiger partial charge in [0.15, 0.2) is 11.3 Å². The number of aromatic nitrogens is 2. The quantitative estimate of drug-likeness (QED) is 0.211. The fourth-order valence-corrected chi connectivity index (χ4v) is 3.48. The van der Waals surface area contributed by atoms with E-state index in [1.165, 1.54) is 7.11 Å². The van der Waals surface area contributed by atoms with E-state index in [0.29, 0.717) is 22.4 Å². The summed E-state index contributed by atoms with van der Waals surface area (Å²) < 4.78 is 27.1. The zero-order valence-electron chi connectivity index (χ0n) is 20.4. The predicted octanol–water partition coefficient (Wildman–Crippen LogP) is 5.14. The van der Waals surface area contributed by atoms with E-state index >= 15 is 0 Å². The highest BCUT2D eigenvalue weighted by molar-refractivity contribution is 5.88. The third-order valence-corrected chi connectivity index (χ3v) is 5.48. The Labute approximate surface area is 201 Å². The molecular formula is C26H26N2O7. The van der Waals surface area contributed by atoms with Crippen LogP contribution in [0.5, 0.6) is 17.2 Å². The Morgan fingerprint density at radius 1 is 1.00 bits per heavy atom. The molecule has 0 aliphatic rings. The van der Waals surface area contributed by atoms with Crippen molar-refractivity contribution in [3.05, 3.63) is 52.4 Å². The summed E-state index contributed by atoms with van der Waals surface area (Å²) in [7, 11) is 3.08. The third kappa shape index (κ3) is 4.75. The van der Waals surface area contributed by atoms with Crippen LogP contribution in [0.1, 0.15) is 39.7 Å². The molecule has 0 aliphatic carbocycles. The van der Waals surface area contributed by atoms with Gasteiger partial charge in [-0.05, 0) is 41.3 Å². The van der Waals surface area contributed by atoms with Crippen molar-refractivity contribution in [2.75, 3.05) is 14.2 Å². The van der Waals surface area contributed by atoms with Crippen LogP contribution in [-0.2, 0) is 10.2 Å². The fraction of sp³-hybridized carbons (Fsp3) is 0.308. The van der Waals surface area contributed by atoms with Crippen molar-refractivity contribution < 1.29 is 27.9 Å². The number of nitrogens with zero attached hydrogens (tertiary/aromatic N) is 2. The lowest BCUT2D eigenvalue weighted by Gasteiger charge is -2.20. The minimum atomic E-state index is -0.702. The molecule has 4 aromatic rings. The van der Waals surface area contributed by atoms with Crippen LogP contribution in [-0.4, -0.2) is 30.3 Å². The normalized spacial score (nSPS) is 11.5. The standard InChI is InChI=1S/C26H26N2O7/c1-7-21(29)33-20-12-15(26(2,3)4)10-14-11-18(25(30)34-22(14)20)24-27-23(28-35-24)17-9-8-16(31-5)13-19(17)32-6/h8-13H,7H2,1-6H3. The molecule has 2 heterocycles. The Kier molecular flexibility index (Phi) is 6.34. The van der Waals surface area contributed by atoms with Gasteiger partial charge in [-0.2, -0.15) is 4.98 Å². The Bertz CT molecular complexity index is 1460. The Morgan fingerprint density at radius 3 is 2.43 bits per heavy atom. The first-order valence-electron chi connectivity index (χ1n) is 11.0. The Hall–Kier alpha value is -4.14. The average Bonchev–Trinajstić information content (AvgIpc) is 3.32. The van der Waals surface area contributed by atoms with Crippen LogP contribution in [0.25, 0.3) is 33.8 Å². The summed E-state index contributed by atoms with van der Waals surface area (Å²) in [5.74, 6) is 1.08. The van der Waals surface area contributed by atoms with Gasteiger partial charge < -0.3 is 23.2 Å². The number of carbonyl (C=O) groups excluding carboxylic acids is 1. The molecule has 0 fully saturated rings. The molecular weight excluding hydrogens is 452 g/mol. The number of methoxy groups -OCH3 is 2. The van der Waals surface area contributed by atoms with Crippen LogP contribution in [0.3, 0.4) is 0 Å². The lowest BCUT2D eigenvalue weighted by molar-refractivity contribution is -0.133. The van der Waals surface area contributed by atoms with Gasteiger partial charge in [0, 0.05) is 17.9 Å². The summed E-state index contributed by atoms with van der Waals surface area (Å²) in [5.41, 5.74) is 0.773. The number of fused-ring (bicyclic) bond motifs is 1. The van der Waals surface area contributed by atoms with E-state index in [-0.39, 0.29) is 40.4 Å². The van der Waals surface area contributed by atoms with Crippen molar-refractivity contribution in [3.63, 3.8) is 0 Å². The molecule has 9 nitrogen and oxygen atoms in total. The Morgan fingerprint density at radius 2 is 1.77 bits per heavy atom. The van der Waals surface area contributed by atoms with Crippen LogP contribution in [0.2, 0.25) is 0 Å². The molecule has 182 valence electrons. The van der Waals surface area contributed by atoms with E-state index in [1.807, 2.05) is 26.8 Å². The molecule has 2 aromatic carbocycles. The molecule has 9 heteroatoms. The lowest BCUT2D eigenvalue weighted by Crippen LogP contribution is -2.13. The molecule has 2 aromatic heterocycles. The van der Waals surface area contributed by atoms with Crippen LogP contribution in [0, 0.1) is 0 Å². The molecule has 35 heavy (non-hydrogen) atoms. The van der Waals surface area contributed by atoms with E-state index in [0.717, 1.165) is 5.56 Å². The highest BCUT2D eigenvalue weighted by Crippen LogP contribution is 2.36. The maximum atomic E-state index is 12.9. The topological polar surface area (TPSA) is 114 Å². The van der Waals surface area contributed by atoms with Crippen molar-refractivity contribution in [1.82, 2.24) is 10.1 Å². The van der Waals surface area contributed by atoms with Gasteiger partial charge in [0.2, 0.25) is 5.82 Å². The fourth-order valence-electron chi connectivity index (χ4n) is 3.48. The predicted molar refractivity (Wildman–Crippen MR) is 129 cm³/mol. The van der Waals surface area contributed by atoms with Gasteiger partial charge in [0.1, 0.15) is 17.1 Å². The van der Waals surface area contributed by atoms with Gasteiger partial charge in [0.25, 0.3) is 5.89 Å². The molecule has 0 radical (unpaired) electrons. The first-order chi connectivity index (χ1) is 16.6. The maximum Gasteiger partial charge on any atom is 0.349 e. The van der Waals surface area contributed by atoms with Crippen molar-refractivity contribution in [1.29, 1.82) is 0 Å². The first-order valence-corrected chi connectivity index (χ1v) is 11.0. The van der Waals surface area contributed by atoms with Crippen LogP contribution in [0.4, 0.5) is 0 Å². The molecule has 0 saturated heterocycles. The van der Waals surface area contributed by atoms with E-state index < -0.39 is 11.6 Å². The van der Waals surface area contributed by atoms with Crippen LogP contribution >= 0.6 is 0 Å². The largest absolute Gasteiger partial charge is 0.497 e. The number of hydrogen-bond acceptors (Lipinski definition) is 9. The van der Waals surface area contributed by atoms with Crippen molar-refractivity contribution >= 4 is 16.9 Å². The molecule has 0 aliphatic heterocycles. The second kappa shape index (κ2) is 9.25. The zero-order valence-corrected chi connectivity index (χ0v) is 20.4. The molecule has 0 saturated carbocycles. The van der Waals surface area contributed by atoms with E-state index in [9.17, 15) is 9.59 Å². The second-order valence-corrected chi connectivity index (χ2v) is 8.91. The first kappa shape index (κ1) is 24.0. The summed E-state index contributed by atoms with van der Waals surface area (Å²) in [4.78, 5) is 29.3. The third-order valence-electron chi connectivity index (χ3n) is 5.48. The van der Waals surface area contributed by atoms with Crippen molar-refractivity contribution in [3.8, 4) is 40.1 Å². The average molecular weight is 479 g/mol. The van der Waals surface area contributed by atoms with E-state index in [2.05, 4.69) is 10.1 Å². The molecule has 0 bridgehead atoms. The number of hydrogen-bond donors (Lipinski definition) is 0. The Balaban J connectivity index is 1.84. The van der Waals surface area contributed by atoms with E-state index in [4.69, 9.17) is 23.2 Å². The lowest BCUT2D eigenvalue weighted by atomic mass is 9.86. The maximum absolute atomic E-state index is 12.9. The number of benzene rings is 2. The van der Waals surface area contributed by atoms with Gasteiger partial charge in [-0.25, -0.2) is 4.79 Å². The van der Waals surface area contributed by atoms with Gasteiger partial charge >= 0.3 is 11.6 Å². The van der Waals surface area contributed by atoms with Crippen molar-refractivity contribution in [2.24, 2.45) is 0 Å². The monoisotopic (exact) mass is 478 g/mol. The van der Waals surface area contributed by atoms with Crippen LogP contribution < -0.4 is 19.8 Å². The molecule has 0 spiro atoms. The zero-order chi connectivity index (χ0) is 25.3. The second-order valence-electron chi connectivity index (χ2n) is 8.91. The molecule has 0 unspecified atom stereocenters. The summed E-state index contributed by atoms with van der Waals surface area (Å²) in [6.07, 6.45) is 0.184. The molecule has 0 amide bonds. The molecule has 4 rings (SSSR count). The number of esters is 1. The van der Waals surface area contributed by atoms with Gasteiger partial charge in [-0.3, -0.25) is 4.79 Å².